The monoisotopic (exact) mass is 278 g/mol. The minimum Gasteiger partial charge on any atom is -0.481 e. The zero-order valence-electron chi connectivity index (χ0n) is 11.3. The van der Waals surface area contributed by atoms with Gasteiger partial charge in [0.2, 0.25) is 0 Å². The summed E-state index contributed by atoms with van der Waals surface area (Å²) in [6, 6.07) is 6.85. The average molecular weight is 278 g/mol. The first-order valence-corrected chi connectivity index (χ1v) is 6.51. The van der Waals surface area contributed by atoms with Gasteiger partial charge in [0.25, 0.3) is 0 Å². The standard InChI is InChI=1S/C14H18N2O4/c1-20-8-4-7-15-14(19)16-9-11(13(17)18)10-5-2-3-6-12(10)16/h2-3,5-6,11H,4,7-9H2,1H3,(H,15,19)(H,17,18). The third-order valence-corrected chi connectivity index (χ3v) is 3.31. The number of carboxylic acids is 1. The van der Waals surface area contributed by atoms with Gasteiger partial charge in [-0.25, -0.2) is 4.79 Å². The Bertz CT molecular complexity index is 504. The Morgan fingerprint density at radius 1 is 1.45 bits per heavy atom. The van der Waals surface area contributed by atoms with Crippen LogP contribution >= 0.6 is 0 Å². The molecule has 1 heterocycles. The number of rotatable bonds is 5. The molecule has 0 spiro atoms. The number of anilines is 1. The summed E-state index contributed by atoms with van der Waals surface area (Å²) in [7, 11) is 1.61. The number of fused-ring (bicyclic) bond motifs is 1. The molecule has 1 aromatic rings. The number of carbonyl (C=O) groups is 2. The molecular weight excluding hydrogens is 260 g/mol. The summed E-state index contributed by atoms with van der Waals surface area (Å²) in [5, 5.41) is 12.0. The fraction of sp³-hybridized carbons (Fsp3) is 0.429. The van der Waals surface area contributed by atoms with Crippen LogP contribution in [0.15, 0.2) is 24.3 Å². The number of hydrogen-bond donors (Lipinski definition) is 2. The van der Waals surface area contributed by atoms with Crippen LogP contribution < -0.4 is 10.2 Å². The highest BCUT2D eigenvalue weighted by molar-refractivity contribution is 5.97. The summed E-state index contributed by atoms with van der Waals surface area (Å²) >= 11 is 0. The number of ether oxygens (including phenoxy) is 1. The number of para-hydroxylation sites is 1. The van der Waals surface area contributed by atoms with Crippen molar-refractivity contribution < 1.29 is 19.4 Å². The van der Waals surface area contributed by atoms with Crippen LogP contribution in [-0.4, -0.2) is 43.9 Å². The first-order chi connectivity index (χ1) is 9.65. The SMILES string of the molecule is COCCCNC(=O)N1CC(C(=O)O)c2ccccc21. The average Bonchev–Trinajstić information content (AvgIpc) is 2.83. The molecule has 1 aromatic carbocycles. The first-order valence-electron chi connectivity index (χ1n) is 6.51. The van der Waals surface area contributed by atoms with E-state index in [-0.39, 0.29) is 12.6 Å². The van der Waals surface area contributed by atoms with Crippen LogP contribution in [0.4, 0.5) is 10.5 Å². The van der Waals surface area contributed by atoms with Crippen LogP contribution in [0, 0.1) is 0 Å². The maximum absolute atomic E-state index is 12.1. The molecular formula is C14H18N2O4. The van der Waals surface area contributed by atoms with Crippen molar-refractivity contribution in [3.8, 4) is 0 Å². The summed E-state index contributed by atoms with van der Waals surface area (Å²) in [6.07, 6.45) is 0.722. The summed E-state index contributed by atoms with van der Waals surface area (Å²) in [5.74, 6) is -1.57. The minimum absolute atomic E-state index is 0.171. The lowest BCUT2D eigenvalue weighted by atomic mass is 10.0. The Morgan fingerprint density at radius 2 is 2.20 bits per heavy atom. The highest BCUT2D eigenvalue weighted by Gasteiger charge is 2.36. The number of carboxylic acid groups (broad SMARTS) is 1. The van der Waals surface area contributed by atoms with Crippen molar-refractivity contribution in [3.63, 3.8) is 0 Å². The maximum atomic E-state index is 12.1. The highest BCUT2D eigenvalue weighted by atomic mass is 16.5. The molecule has 0 saturated heterocycles. The van der Waals surface area contributed by atoms with Gasteiger partial charge in [0, 0.05) is 32.5 Å². The number of amides is 2. The molecule has 20 heavy (non-hydrogen) atoms. The number of hydrogen-bond acceptors (Lipinski definition) is 3. The number of nitrogens with one attached hydrogen (secondary N) is 1. The van der Waals surface area contributed by atoms with Gasteiger partial charge in [-0.3, -0.25) is 9.69 Å². The summed E-state index contributed by atoms with van der Waals surface area (Å²) < 4.78 is 4.91. The Balaban J connectivity index is 2.06. The maximum Gasteiger partial charge on any atom is 0.321 e. The predicted octanol–water partition coefficient (Wildman–Crippen LogP) is 1.42. The predicted molar refractivity (Wildman–Crippen MR) is 74.1 cm³/mol. The van der Waals surface area contributed by atoms with Crippen LogP contribution in [0.2, 0.25) is 0 Å². The zero-order chi connectivity index (χ0) is 14.5. The second-order valence-corrected chi connectivity index (χ2v) is 4.64. The lowest BCUT2D eigenvalue weighted by Crippen LogP contribution is -2.40. The van der Waals surface area contributed by atoms with E-state index in [2.05, 4.69) is 5.32 Å². The van der Waals surface area contributed by atoms with Crippen LogP contribution in [0.5, 0.6) is 0 Å². The fourth-order valence-corrected chi connectivity index (χ4v) is 2.32. The highest BCUT2D eigenvalue weighted by Crippen LogP contribution is 2.36. The van der Waals surface area contributed by atoms with Gasteiger partial charge >= 0.3 is 12.0 Å². The molecule has 0 aliphatic carbocycles. The van der Waals surface area contributed by atoms with E-state index in [9.17, 15) is 14.7 Å². The number of methoxy groups -OCH3 is 1. The third kappa shape index (κ3) is 2.91. The van der Waals surface area contributed by atoms with Crippen LogP contribution in [0.1, 0.15) is 17.9 Å². The molecule has 2 amide bonds. The number of carbonyl (C=O) groups excluding carboxylic acids is 1. The fourth-order valence-electron chi connectivity index (χ4n) is 2.32. The lowest BCUT2D eigenvalue weighted by Gasteiger charge is -2.18. The second-order valence-electron chi connectivity index (χ2n) is 4.64. The summed E-state index contributed by atoms with van der Waals surface area (Å²) in [4.78, 5) is 24.9. The normalized spacial score (nSPS) is 16.9. The van der Waals surface area contributed by atoms with E-state index in [1.807, 2.05) is 0 Å². The van der Waals surface area contributed by atoms with Gasteiger partial charge in [-0.1, -0.05) is 18.2 Å². The van der Waals surface area contributed by atoms with E-state index in [4.69, 9.17) is 4.74 Å². The van der Waals surface area contributed by atoms with Gasteiger partial charge in [-0.2, -0.15) is 0 Å². The molecule has 0 bridgehead atoms. The Labute approximate surface area is 117 Å². The van der Waals surface area contributed by atoms with Gasteiger partial charge in [0.1, 0.15) is 5.92 Å². The van der Waals surface area contributed by atoms with Crippen molar-refractivity contribution in [2.45, 2.75) is 12.3 Å². The third-order valence-electron chi connectivity index (χ3n) is 3.31. The molecule has 2 N–H and O–H groups in total. The Morgan fingerprint density at radius 3 is 2.90 bits per heavy atom. The van der Waals surface area contributed by atoms with Gasteiger partial charge in [0.05, 0.1) is 0 Å². The molecule has 0 radical (unpaired) electrons. The summed E-state index contributed by atoms with van der Waals surface area (Å²) in [6.45, 7) is 1.25. The Hall–Kier alpha value is -2.08. The van der Waals surface area contributed by atoms with Crippen molar-refractivity contribution in [2.24, 2.45) is 0 Å². The van der Waals surface area contributed by atoms with E-state index in [0.29, 0.717) is 24.4 Å². The van der Waals surface area contributed by atoms with Gasteiger partial charge in [-0.15, -0.1) is 0 Å². The van der Waals surface area contributed by atoms with Gasteiger partial charge < -0.3 is 15.2 Å². The quantitative estimate of drug-likeness (QED) is 0.798. The van der Waals surface area contributed by atoms with Gasteiger partial charge in [-0.05, 0) is 18.1 Å². The topological polar surface area (TPSA) is 78.9 Å². The zero-order valence-corrected chi connectivity index (χ0v) is 11.3. The van der Waals surface area contributed by atoms with Gasteiger partial charge in [0.15, 0.2) is 0 Å². The smallest absolute Gasteiger partial charge is 0.321 e. The number of urea groups is 1. The molecule has 2 rings (SSSR count). The van der Waals surface area contributed by atoms with Crippen molar-refractivity contribution in [1.82, 2.24) is 5.32 Å². The molecule has 1 atom stereocenters. The molecule has 0 aromatic heterocycles. The van der Waals surface area contributed by atoms with Crippen LogP contribution in [-0.2, 0) is 9.53 Å². The second kappa shape index (κ2) is 6.38. The molecule has 0 saturated carbocycles. The van der Waals surface area contributed by atoms with Crippen LogP contribution in [0.3, 0.4) is 0 Å². The first kappa shape index (κ1) is 14.3. The molecule has 108 valence electrons. The minimum atomic E-state index is -0.910. The largest absolute Gasteiger partial charge is 0.481 e. The summed E-state index contributed by atoms with van der Waals surface area (Å²) in [5.41, 5.74) is 1.36. The molecule has 6 heteroatoms. The van der Waals surface area contributed by atoms with Crippen molar-refractivity contribution in [3.05, 3.63) is 29.8 Å². The van der Waals surface area contributed by atoms with E-state index < -0.39 is 11.9 Å². The van der Waals surface area contributed by atoms with E-state index in [0.717, 1.165) is 6.42 Å². The number of aliphatic carboxylic acids is 1. The van der Waals surface area contributed by atoms with E-state index >= 15 is 0 Å². The molecule has 6 nitrogen and oxygen atoms in total. The number of benzene rings is 1. The van der Waals surface area contributed by atoms with Crippen molar-refractivity contribution >= 4 is 17.7 Å². The van der Waals surface area contributed by atoms with Crippen molar-refractivity contribution in [2.75, 3.05) is 31.7 Å². The molecule has 0 fully saturated rings. The lowest BCUT2D eigenvalue weighted by molar-refractivity contribution is -0.138. The van der Waals surface area contributed by atoms with Crippen molar-refractivity contribution in [1.29, 1.82) is 0 Å². The molecule has 1 aliphatic heterocycles. The Kier molecular flexibility index (Phi) is 4.57. The molecule has 1 aliphatic rings. The molecule has 1 unspecified atom stereocenters. The van der Waals surface area contributed by atoms with Crippen LogP contribution in [0.25, 0.3) is 0 Å². The van der Waals surface area contributed by atoms with E-state index in [1.165, 1.54) is 4.90 Å². The number of nitrogens with zero attached hydrogens (tertiary/aromatic N) is 1. The van der Waals surface area contributed by atoms with E-state index in [1.54, 1.807) is 31.4 Å².